The highest BCUT2D eigenvalue weighted by Crippen LogP contribution is 2.14. The van der Waals surface area contributed by atoms with Crippen LogP contribution in [0.5, 0.6) is 0 Å². The maximum Gasteiger partial charge on any atom is 0.344 e. The van der Waals surface area contributed by atoms with E-state index in [2.05, 4.69) is 4.74 Å². The van der Waals surface area contributed by atoms with E-state index >= 15 is 0 Å². The fourth-order valence-electron chi connectivity index (χ4n) is 0.879. The normalized spacial score (nSPS) is 21.0. The van der Waals surface area contributed by atoms with Crippen molar-refractivity contribution in [1.82, 2.24) is 0 Å². The number of hydrogen-bond acceptors (Lipinski definition) is 6. The van der Waals surface area contributed by atoms with Gasteiger partial charge in [-0.1, -0.05) is 0 Å². The van der Waals surface area contributed by atoms with Crippen molar-refractivity contribution in [2.75, 3.05) is 6.61 Å². The molecule has 0 fully saturated rings. The molecule has 13 heavy (non-hydrogen) atoms. The number of rotatable bonds is 3. The minimum atomic E-state index is -1.59. The van der Waals surface area contributed by atoms with Gasteiger partial charge in [0, 0.05) is 6.08 Å². The summed E-state index contributed by atoms with van der Waals surface area (Å²) in [4.78, 5) is 21.3. The van der Waals surface area contributed by atoms with Crippen molar-refractivity contribution in [2.45, 2.75) is 12.2 Å². The van der Waals surface area contributed by atoms with Crippen LogP contribution in [0.25, 0.3) is 0 Å². The van der Waals surface area contributed by atoms with Crippen LogP contribution in [-0.2, 0) is 14.3 Å². The molecule has 0 radical (unpaired) electrons. The van der Waals surface area contributed by atoms with E-state index in [1.165, 1.54) is 0 Å². The van der Waals surface area contributed by atoms with E-state index in [4.69, 9.17) is 10.2 Å². The van der Waals surface area contributed by atoms with Gasteiger partial charge in [-0.05, 0) is 0 Å². The lowest BCUT2D eigenvalue weighted by molar-refractivity contribution is -0.151. The number of carbonyl (C=O) groups excluding carboxylic acids is 2. The summed E-state index contributed by atoms with van der Waals surface area (Å²) in [6.07, 6.45) is -2.31. The number of hydrogen-bond donors (Lipinski definition) is 3. The molecule has 0 amide bonds. The lowest BCUT2D eigenvalue weighted by atomic mass is 10.1. The van der Waals surface area contributed by atoms with Crippen molar-refractivity contribution < 1.29 is 29.6 Å². The summed E-state index contributed by atoms with van der Waals surface area (Å²) in [5.74, 6) is -1.88. The number of aliphatic hydroxyl groups excluding tert-OH is 3. The summed E-state index contributed by atoms with van der Waals surface area (Å²) >= 11 is 0. The van der Waals surface area contributed by atoms with E-state index in [1.807, 2.05) is 0 Å². The monoisotopic (exact) mass is 188 g/mol. The van der Waals surface area contributed by atoms with Crippen molar-refractivity contribution in [3.05, 3.63) is 11.6 Å². The molecule has 3 N–H and O–H groups in total. The van der Waals surface area contributed by atoms with Gasteiger partial charge in [-0.25, -0.2) is 9.59 Å². The zero-order chi connectivity index (χ0) is 10.0. The van der Waals surface area contributed by atoms with Gasteiger partial charge in [0.1, 0.15) is 12.2 Å². The maximum atomic E-state index is 10.8. The molecule has 0 aromatic carbocycles. The third-order valence-electron chi connectivity index (χ3n) is 1.57. The van der Waals surface area contributed by atoms with Gasteiger partial charge in [-0.15, -0.1) is 0 Å². The zero-order valence-corrected chi connectivity index (χ0v) is 6.51. The highest BCUT2D eigenvalue weighted by atomic mass is 16.6. The molecule has 0 aliphatic carbocycles. The molecule has 0 saturated carbocycles. The van der Waals surface area contributed by atoms with Crippen molar-refractivity contribution in [1.29, 1.82) is 0 Å². The molecular formula is C7H8O6. The molecule has 1 heterocycles. The van der Waals surface area contributed by atoms with E-state index in [9.17, 15) is 14.7 Å². The van der Waals surface area contributed by atoms with Crippen LogP contribution in [-0.4, -0.2) is 46.1 Å². The lowest BCUT2D eigenvalue weighted by Crippen LogP contribution is -2.32. The Balaban J connectivity index is 2.77. The smallest absolute Gasteiger partial charge is 0.344 e. The first-order valence-corrected chi connectivity index (χ1v) is 3.51. The number of carbonyl (C=O) groups is 2. The summed E-state index contributed by atoms with van der Waals surface area (Å²) < 4.78 is 4.07. The SMILES string of the molecule is O=C1C=C(C(O)C(O)CO)C(=O)O1. The van der Waals surface area contributed by atoms with Gasteiger partial charge in [0.15, 0.2) is 0 Å². The molecule has 2 unspecified atom stereocenters. The van der Waals surface area contributed by atoms with Crippen molar-refractivity contribution >= 4 is 11.9 Å². The summed E-state index contributed by atoms with van der Waals surface area (Å²) in [6, 6.07) is 0. The van der Waals surface area contributed by atoms with Gasteiger partial charge >= 0.3 is 11.9 Å². The van der Waals surface area contributed by atoms with E-state index in [0.29, 0.717) is 0 Å². The molecular weight excluding hydrogens is 180 g/mol. The Morgan fingerprint density at radius 1 is 1.38 bits per heavy atom. The first kappa shape index (κ1) is 9.85. The molecule has 6 nitrogen and oxygen atoms in total. The Bertz CT molecular complexity index is 268. The van der Waals surface area contributed by atoms with Crippen LogP contribution in [0.2, 0.25) is 0 Å². The topological polar surface area (TPSA) is 104 Å². The van der Waals surface area contributed by atoms with Gasteiger partial charge in [-0.3, -0.25) is 0 Å². The Morgan fingerprint density at radius 3 is 2.38 bits per heavy atom. The van der Waals surface area contributed by atoms with Gasteiger partial charge in [0.25, 0.3) is 0 Å². The minimum absolute atomic E-state index is 0.341. The first-order valence-electron chi connectivity index (χ1n) is 3.51. The van der Waals surface area contributed by atoms with E-state index < -0.39 is 30.8 Å². The second-order valence-electron chi connectivity index (χ2n) is 2.50. The highest BCUT2D eigenvalue weighted by molar-refractivity contribution is 6.09. The second kappa shape index (κ2) is 3.65. The second-order valence-corrected chi connectivity index (χ2v) is 2.50. The zero-order valence-electron chi connectivity index (χ0n) is 6.51. The standard InChI is InChI=1S/C7H8O6/c8-2-4(9)6(11)3-1-5(10)13-7(3)12/h1,4,6,8-9,11H,2H2. The maximum absolute atomic E-state index is 10.8. The van der Waals surface area contributed by atoms with Gasteiger partial charge in [0.05, 0.1) is 12.2 Å². The average molecular weight is 188 g/mol. The molecule has 72 valence electrons. The Kier molecular flexibility index (Phi) is 2.76. The van der Waals surface area contributed by atoms with Crippen LogP contribution in [0.3, 0.4) is 0 Å². The fraction of sp³-hybridized carbons (Fsp3) is 0.429. The van der Waals surface area contributed by atoms with Crippen molar-refractivity contribution in [2.24, 2.45) is 0 Å². The quantitative estimate of drug-likeness (QED) is 0.340. The van der Waals surface area contributed by atoms with Gasteiger partial charge < -0.3 is 20.1 Å². The van der Waals surface area contributed by atoms with Crippen molar-refractivity contribution in [3.8, 4) is 0 Å². The van der Waals surface area contributed by atoms with Crippen LogP contribution < -0.4 is 0 Å². The molecule has 0 aromatic heterocycles. The molecule has 0 spiro atoms. The molecule has 0 saturated heterocycles. The van der Waals surface area contributed by atoms with Crippen LogP contribution >= 0.6 is 0 Å². The summed E-state index contributed by atoms with van der Waals surface area (Å²) in [7, 11) is 0. The van der Waals surface area contributed by atoms with Gasteiger partial charge in [0.2, 0.25) is 0 Å². The predicted octanol–water partition coefficient (Wildman–Crippen LogP) is -2.29. The number of cyclic esters (lactones) is 2. The third-order valence-corrected chi connectivity index (χ3v) is 1.57. The lowest BCUT2D eigenvalue weighted by Gasteiger charge is -2.13. The Morgan fingerprint density at radius 2 is 2.00 bits per heavy atom. The fourth-order valence-corrected chi connectivity index (χ4v) is 0.879. The van der Waals surface area contributed by atoms with E-state index in [-0.39, 0.29) is 5.57 Å². The first-order chi connectivity index (χ1) is 6.06. The molecule has 1 rings (SSSR count). The number of aliphatic hydroxyl groups is 3. The van der Waals surface area contributed by atoms with Crippen molar-refractivity contribution in [3.63, 3.8) is 0 Å². The van der Waals surface area contributed by atoms with Crippen LogP contribution in [0.4, 0.5) is 0 Å². The van der Waals surface area contributed by atoms with Gasteiger partial charge in [-0.2, -0.15) is 0 Å². The largest absolute Gasteiger partial charge is 0.394 e. The number of esters is 2. The van der Waals surface area contributed by atoms with E-state index in [0.717, 1.165) is 6.08 Å². The Labute approximate surface area is 73.1 Å². The molecule has 0 aromatic rings. The minimum Gasteiger partial charge on any atom is -0.394 e. The molecule has 1 aliphatic rings. The van der Waals surface area contributed by atoms with Crippen LogP contribution in [0.1, 0.15) is 0 Å². The third kappa shape index (κ3) is 1.92. The van der Waals surface area contributed by atoms with E-state index in [1.54, 1.807) is 0 Å². The molecule has 0 bridgehead atoms. The predicted molar refractivity (Wildman–Crippen MR) is 38.3 cm³/mol. The molecule has 2 atom stereocenters. The molecule has 1 aliphatic heterocycles. The molecule has 6 heteroatoms. The summed E-state index contributed by atoms with van der Waals surface area (Å²) in [5.41, 5.74) is -0.341. The number of ether oxygens (including phenoxy) is 1. The van der Waals surface area contributed by atoms with Crippen LogP contribution in [0.15, 0.2) is 11.6 Å². The van der Waals surface area contributed by atoms with Crippen LogP contribution in [0, 0.1) is 0 Å². The summed E-state index contributed by atoms with van der Waals surface area (Å²) in [5, 5.41) is 26.5. The average Bonchev–Trinajstić information content (AvgIpc) is 2.42. The summed E-state index contributed by atoms with van der Waals surface area (Å²) in [6.45, 7) is -0.708. The highest BCUT2D eigenvalue weighted by Gasteiger charge is 2.32. The Hall–Kier alpha value is -1.24.